The highest BCUT2D eigenvalue weighted by molar-refractivity contribution is 7.87. The number of nitrogens with zero attached hydrogens (tertiary/aromatic N) is 1. The minimum Gasteiger partial charge on any atom is -0.266 e. The van der Waals surface area contributed by atoms with Crippen LogP contribution in [0.15, 0.2) is 30.3 Å². The van der Waals surface area contributed by atoms with Gasteiger partial charge in [0.05, 0.1) is 16.4 Å². The minimum atomic E-state index is -4.07. The molecule has 3 atom stereocenters. The van der Waals surface area contributed by atoms with Gasteiger partial charge in [-0.05, 0) is 67.0 Å². The number of fused-ring (bicyclic) bond motifs is 2. The predicted molar refractivity (Wildman–Crippen MR) is 112 cm³/mol. The van der Waals surface area contributed by atoms with Gasteiger partial charge < -0.3 is 0 Å². The Morgan fingerprint density at radius 3 is 2.57 bits per heavy atom. The molecular weight excluding hydrogens is 402 g/mol. The highest BCUT2D eigenvalue weighted by Gasteiger charge is 2.49. The molecule has 7 heteroatoms. The maximum absolute atomic E-state index is 13.2. The van der Waals surface area contributed by atoms with E-state index >= 15 is 0 Å². The van der Waals surface area contributed by atoms with Crippen LogP contribution in [0.5, 0.6) is 0 Å². The number of hydrogen-bond acceptors (Lipinski definition) is 5. The molecule has 158 valence electrons. The second kappa shape index (κ2) is 7.17. The van der Waals surface area contributed by atoms with Gasteiger partial charge in [-0.1, -0.05) is 38.0 Å². The van der Waals surface area contributed by atoms with Crippen LogP contribution in [-0.4, -0.2) is 30.5 Å². The van der Waals surface area contributed by atoms with Gasteiger partial charge in [-0.15, -0.1) is 9.35 Å². The molecule has 5 rings (SSSR count). The summed E-state index contributed by atoms with van der Waals surface area (Å²) in [4.78, 5) is 26.2. The van der Waals surface area contributed by atoms with Crippen molar-refractivity contribution in [2.45, 2.75) is 57.1 Å². The lowest BCUT2D eigenvalue weighted by atomic mass is 9.92. The summed E-state index contributed by atoms with van der Waals surface area (Å²) in [6.07, 6.45) is 6.17. The summed E-state index contributed by atoms with van der Waals surface area (Å²) in [5, 5.41) is 1.23. The first kappa shape index (κ1) is 19.7. The lowest BCUT2D eigenvalue weighted by Gasteiger charge is -2.28. The van der Waals surface area contributed by atoms with Gasteiger partial charge in [0.15, 0.2) is 0 Å². The Kier molecular flexibility index (Phi) is 4.71. The van der Waals surface area contributed by atoms with Crippen LogP contribution in [-0.2, 0) is 20.8 Å². The Labute approximate surface area is 176 Å². The lowest BCUT2D eigenvalue weighted by molar-refractivity contribution is -0.0166. The second-order valence-corrected chi connectivity index (χ2v) is 10.6. The average molecular weight is 428 g/mol. The molecule has 2 bridgehead atoms. The molecule has 0 radical (unpaired) electrons. The SMILES string of the molecule is CCCCc1cc2c3c(cccc3c1)C(=O)N(OS(=O)(=O)C1CC3CCC1C3)C2=O. The van der Waals surface area contributed by atoms with E-state index in [1.54, 1.807) is 18.2 Å². The fraction of sp³-hybridized carbons (Fsp3) is 0.478. The number of hydrogen-bond donors (Lipinski definition) is 0. The largest absolute Gasteiger partial charge is 0.291 e. The first-order valence-electron chi connectivity index (χ1n) is 10.8. The molecule has 2 amide bonds. The Bertz CT molecular complexity index is 1160. The molecule has 2 fully saturated rings. The van der Waals surface area contributed by atoms with Gasteiger partial charge in [0, 0.05) is 5.39 Å². The molecule has 3 aliphatic rings. The van der Waals surface area contributed by atoms with E-state index < -0.39 is 27.2 Å². The van der Waals surface area contributed by atoms with Crippen LogP contribution in [0.25, 0.3) is 10.8 Å². The molecule has 2 saturated carbocycles. The molecule has 0 N–H and O–H groups in total. The smallest absolute Gasteiger partial charge is 0.266 e. The summed E-state index contributed by atoms with van der Waals surface area (Å²) in [5.41, 5.74) is 1.62. The summed E-state index contributed by atoms with van der Waals surface area (Å²) in [6.45, 7) is 2.10. The summed E-state index contributed by atoms with van der Waals surface area (Å²) >= 11 is 0. The fourth-order valence-electron chi connectivity index (χ4n) is 5.44. The number of aryl methyl sites for hydroxylation is 1. The minimum absolute atomic E-state index is 0.0614. The van der Waals surface area contributed by atoms with Gasteiger partial charge in [-0.2, -0.15) is 8.42 Å². The fourth-order valence-corrected chi connectivity index (χ4v) is 7.12. The van der Waals surface area contributed by atoms with Gasteiger partial charge in [-0.25, -0.2) is 0 Å². The summed E-state index contributed by atoms with van der Waals surface area (Å²) in [5.74, 6) is -0.951. The van der Waals surface area contributed by atoms with Gasteiger partial charge in [0.2, 0.25) is 0 Å². The zero-order valence-corrected chi connectivity index (χ0v) is 17.8. The number of carbonyl (C=O) groups excluding carboxylic acids is 2. The number of rotatable bonds is 6. The molecule has 1 heterocycles. The van der Waals surface area contributed by atoms with E-state index in [-0.39, 0.29) is 5.92 Å². The van der Waals surface area contributed by atoms with Crippen molar-refractivity contribution in [1.82, 2.24) is 5.06 Å². The zero-order chi connectivity index (χ0) is 21.0. The van der Waals surface area contributed by atoms with E-state index in [1.807, 2.05) is 12.1 Å². The van der Waals surface area contributed by atoms with E-state index in [9.17, 15) is 18.0 Å². The molecule has 2 aliphatic carbocycles. The second-order valence-electron chi connectivity index (χ2n) is 8.84. The van der Waals surface area contributed by atoms with Crippen LogP contribution in [0, 0.1) is 11.8 Å². The van der Waals surface area contributed by atoms with Gasteiger partial charge in [-0.3, -0.25) is 9.59 Å². The van der Waals surface area contributed by atoms with Crippen LogP contribution >= 0.6 is 0 Å². The first-order valence-corrected chi connectivity index (χ1v) is 12.2. The number of carbonyl (C=O) groups is 2. The monoisotopic (exact) mass is 427 g/mol. The molecule has 30 heavy (non-hydrogen) atoms. The average Bonchev–Trinajstić information content (AvgIpc) is 3.37. The van der Waals surface area contributed by atoms with Crippen molar-refractivity contribution in [3.63, 3.8) is 0 Å². The van der Waals surface area contributed by atoms with Crippen molar-refractivity contribution in [1.29, 1.82) is 0 Å². The Morgan fingerprint density at radius 1 is 1.07 bits per heavy atom. The maximum Gasteiger partial charge on any atom is 0.291 e. The first-order chi connectivity index (χ1) is 14.4. The third kappa shape index (κ3) is 3.06. The Morgan fingerprint density at radius 2 is 1.87 bits per heavy atom. The molecule has 0 aromatic heterocycles. The van der Waals surface area contributed by atoms with Crippen molar-refractivity contribution in [2.75, 3.05) is 0 Å². The van der Waals surface area contributed by atoms with E-state index in [4.69, 9.17) is 4.28 Å². The number of amides is 2. The van der Waals surface area contributed by atoms with Crippen LogP contribution in [0.4, 0.5) is 0 Å². The van der Waals surface area contributed by atoms with E-state index in [2.05, 4.69) is 6.92 Å². The Hall–Kier alpha value is -2.25. The van der Waals surface area contributed by atoms with Gasteiger partial charge >= 0.3 is 0 Å². The maximum atomic E-state index is 13.2. The normalized spacial score (nSPS) is 25.5. The summed E-state index contributed by atoms with van der Waals surface area (Å²) in [7, 11) is -4.07. The van der Waals surface area contributed by atoms with Crippen molar-refractivity contribution in [2.24, 2.45) is 11.8 Å². The van der Waals surface area contributed by atoms with Crippen molar-refractivity contribution in [3.8, 4) is 0 Å². The molecule has 1 aliphatic heterocycles. The molecular formula is C23H25NO5S. The van der Waals surface area contributed by atoms with Crippen molar-refractivity contribution >= 4 is 32.7 Å². The molecule has 0 spiro atoms. The molecule has 3 unspecified atom stereocenters. The lowest BCUT2D eigenvalue weighted by Crippen LogP contribution is -2.44. The zero-order valence-electron chi connectivity index (χ0n) is 17.0. The van der Waals surface area contributed by atoms with Crippen LogP contribution in [0.2, 0.25) is 0 Å². The molecule has 0 saturated heterocycles. The van der Waals surface area contributed by atoms with Crippen LogP contribution in [0.1, 0.15) is 71.7 Å². The third-order valence-electron chi connectivity index (χ3n) is 6.91. The number of hydroxylamine groups is 2. The third-order valence-corrected chi connectivity index (χ3v) is 8.58. The molecule has 2 aromatic rings. The predicted octanol–water partition coefficient (Wildman–Crippen LogP) is 4.23. The molecule has 6 nitrogen and oxygen atoms in total. The van der Waals surface area contributed by atoms with E-state index in [0.717, 1.165) is 49.5 Å². The van der Waals surface area contributed by atoms with Gasteiger partial charge in [0.1, 0.15) is 0 Å². The number of imide groups is 1. The highest BCUT2D eigenvalue weighted by atomic mass is 32.2. The number of unbranched alkanes of at least 4 members (excludes halogenated alkanes) is 1. The van der Waals surface area contributed by atoms with Gasteiger partial charge in [0.25, 0.3) is 21.9 Å². The van der Waals surface area contributed by atoms with E-state index in [1.165, 1.54) is 0 Å². The van der Waals surface area contributed by atoms with Crippen LogP contribution < -0.4 is 0 Å². The quantitative estimate of drug-likeness (QED) is 0.645. The summed E-state index contributed by atoms with van der Waals surface area (Å²) < 4.78 is 31.2. The number of benzene rings is 2. The Balaban J connectivity index is 1.52. The highest BCUT2D eigenvalue weighted by Crippen LogP contribution is 2.48. The summed E-state index contributed by atoms with van der Waals surface area (Å²) in [6, 6.07) is 9.02. The van der Waals surface area contributed by atoms with Crippen molar-refractivity contribution < 1.29 is 22.3 Å². The van der Waals surface area contributed by atoms with Crippen molar-refractivity contribution in [3.05, 3.63) is 47.0 Å². The van der Waals surface area contributed by atoms with Crippen LogP contribution in [0.3, 0.4) is 0 Å². The standard InChI is InChI=1S/C23H25NO5S/c1-2-3-5-14-11-17-6-4-7-18-21(17)19(12-14)23(26)24(22(18)25)29-30(27,28)20-13-15-8-9-16(20)10-15/h4,6-7,11-12,15-16,20H,2-3,5,8-10,13H2,1H3. The molecule has 2 aromatic carbocycles. The van der Waals surface area contributed by atoms with E-state index in [0.29, 0.717) is 33.9 Å². The topological polar surface area (TPSA) is 80.8 Å².